The summed E-state index contributed by atoms with van der Waals surface area (Å²) in [5, 5.41) is 9.33. The standard InChI is InChI=1S/C17H26N2O2/c1-4-19(14-8-6-5-7-9-14)16-11-13(17(20)21)10-15(18-16)12(2)3/h10-12,14H,4-9H2,1-3H3,(H,20,21). The fourth-order valence-electron chi connectivity index (χ4n) is 3.10. The Balaban J connectivity index is 2.36. The second-order valence-corrected chi connectivity index (χ2v) is 6.18. The maximum Gasteiger partial charge on any atom is 0.335 e. The number of carboxylic acids is 1. The van der Waals surface area contributed by atoms with Crippen molar-refractivity contribution in [2.45, 2.75) is 64.8 Å². The molecule has 4 heteroatoms. The van der Waals surface area contributed by atoms with Crippen LogP contribution in [0.25, 0.3) is 0 Å². The molecule has 1 aliphatic carbocycles. The molecule has 116 valence electrons. The van der Waals surface area contributed by atoms with Gasteiger partial charge < -0.3 is 10.0 Å². The number of pyridine rings is 1. The van der Waals surface area contributed by atoms with Gasteiger partial charge in [-0.1, -0.05) is 33.1 Å². The van der Waals surface area contributed by atoms with Crippen molar-refractivity contribution in [3.63, 3.8) is 0 Å². The summed E-state index contributed by atoms with van der Waals surface area (Å²) in [6.45, 7) is 7.10. The molecule has 0 saturated heterocycles. The first-order valence-electron chi connectivity index (χ1n) is 8.04. The van der Waals surface area contributed by atoms with E-state index in [4.69, 9.17) is 4.98 Å². The summed E-state index contributed by atoms with van der Waals surface area (Å²) in [6, 6.07) is 3.93. The van der Waals surface area contributed by atoms with Crippen LogP contribution in [0.3, 0.4) is 0 Å². The van der Waals surface area contributed by atoms with Gasteiger partial charge in [0.25, 0.3) is 0 Å². The zero-order valence-electron chi connectivity index (χ0n) is 13.3. The molecule has 1 fully saturated rings. The molecule has 1 N–H and O–H groups in total. The van der Waals surface area contributed by atoms with Crippen LogP contribution in [-0.4, -0.2) is 28.6 Å². The summed E-state index contributed by atoms with van der Waals surface area (Å²) >= 11 is 0. The second-order valence-electron chi connectivity index (χ2n) is 6.18. The van der Waals surface area contributed by atoms with Crippen molar-refractivity contribution < 1.29 is 9.90 Å². The average Bonchev–Trinajstić information content (AvgIpc) is 2.48. The largest absolute Gasteiger partial charge is 0.478 e. The molecule has 0 bridgehead atoms. The number of hydrogen-bond acceptors (Lipinski definition) is 3. The third kappa shape index (κ3) is 3.74. The quantitative estimate of drug-likeness (QED) is 0.888. The number of aromatic carboxylic acids is 1. The van der Waals surface area contributed by atoms with E-state index in [-0.39, 0.29) is 5.92 Å². The van der Waals surface area contributed by atoms with Crippen LogP contribution in [0, 0.1) is 0 Å². The van der Waals surface area contributed by atoms with Gasteiger partial charge in [-0.15, -0.1) is 0 Å². The van der Waals surface area contributed by atoms with Gasteiger partial charge in [0.1, 0.15) is 5.82 Å². The van der Waals surface area contributed by atoms with Crippen LogP contribution >= 0.6 is 0 Å². The molecule has 0 spiro atoms. The van der Waals surface area contributed by atoms with E-state index < -0.39 is 5.97 Å². The van der Waals surface area contributed by atoms with Gasteiger partial charge in [0.15, 0.2) is 0 Å². The molecule has 4 nitrogen and oxygen atoms in total. The number of aromatic nitrogens is 1. The topological polar surface area (TPSA) is 53.4 Å². The van der Waals surface area contributed by atoms with E-state index in [9.17, 15) is 9.90 Å². The summed E-state index contributed by atoms with van der Waals surface area (Å²) < 4.78 is 0. The molecular formula is C17H26N2O2. The third-order valence-corrected chi connectivity index (χ3v) is 4.32. The molecular weight excluding hydrogens is 264 g/mol. The Hall–Kier alpha value is -1.58. The highest BCUT2D eigenvalue weighted by Gasteiger charge is 2.22. The molecule has 21 heavy (non-hydrogen) atoms. The predicted molar refractivity (Wildman–Crippen MR) is 85.2 cm³/mol. The maximum absolute atomic E-state index is 11.4. The fourth-order valence-corrected chi connectivity index (χ4v) is 3.10. The Labute approximate surface area is 127 Å². The van der Waals surface area contributed by atoms with E-state index in [0.29, 0.717) is 11.6 Å². The van der Waals surface area contributed by atoms with Gasteiger partial charge >= 0.3 is 5.97 Å². The Bertz CT molecular complexity index is 494. The molecule has 0 radical (unpaired) electrons. The fraction of sp³-hybridized carbons (Fsp3) is 0.647. The summed E-state index contributed by atoms with van der Waals surface area (Å²) in [7, 11) is 0. The minimum Gasteiger partial charge on any atom is -0.478 e. The lowest BCUT2D eigenvalue weighted by Gasteiger charge is -2.35. The van der Waals surface area contributed by atoms with Gasteiger partial charge in [0.2, 0.25) is 0 Å². The van der Waals surface area contributed by atoms with Crippen molar-refractivity contribution >= 4 is 11.8 Å². The number of anilines is 1. The van der Waals surface area contributed by atoms with Crippen molar-refractivity contribution in [1.29, 1.82) is 0 Å². The van der Waals surface area contributed by atoms with E-state index in [0.717, 1.165) is 18.1 Å². The lowest BCUT2D eigenvalue weighted by molar-refractivity contribution is 0.0696. The lowest BCUT2D eigenvalue weighted by atomic mass is 9.94. The van der Waals surface area contributed by atoms with Crippen LogP contribution in [0.4, 0.5) is 5.82 Å². The van der Waals surface area contributed by atoms with Crippen molar-refractivity contribution in [3.05, 3.63) is 23.4 Å². The highest BCUT2D eigenvalue weighted by molar-refractivity contribution is 5.88. The van der Waals surface area contributed by atoms with E-state index in [1.54, 1.807) is 12.1 Å². The number of carboxylic acid groups (broad SMARTS) is 1. The van der Waals surface area contributed by atoms with Crippen LogP contribution in [0.5, 0.6) is 0 Å². The highest BCUT2D eigenvalue weighted by atomic mass is 16.4. The Kier molecular flexibility index (Phi) is 5.21. The van der Waals surface area contributed by atoms with Gasteiger partial charge in [0, 0.05) is 18.3 Å². The zero-order chi connectivity index (χ0) is 15.4. The molecule has 0 unspecified atom stereocenters. The number of hydrogen-bond donors (Lipinski definition) is 1. The van der Waals surface area contributed by atoms with Gasteiger partial charge in [-0.05, 0) is 37.8 Å². The predicted octanol–water partition coefficient (Wildman–Crippen LogP) is 4.06. The molecule has 1 aromatic heterocycles. The van der Waals surface area contributed by atoms with Gasteiger partial charge in [0.05, 0.1) is 5.56 Å². The van der Waals surface area contributed by atoms with Crippen molar-refractivity contribution in [3.8, 4) is 0 Å². The zero-order valence-corrected chi connectivity index (χ0v) is 13.3. The van der Waals surface area contributed by atoms with Gasteiger partial charge in [-0.25, -0.2) is 9.78 Å². The molecule has 1 heterocycles. The highest BCUT2D eigenvalue weighted by Crippen LogP contribution is 2.28. The SMILES string of the molecule is CCN(c1cc(C(=O)O)cc(C(C)C)n1)C1CCCCC1. The minimum absolute atomic E-state index is 0.230. The first-order chi connectivity index (χ1) is 10.0. The average molecular weight is 290 g/mol. The maximum atomic E-state index is 11.4. The van der Waals surface area contributed by atoms with Crippen LogP contribution in [0.15, 0.2) is 12.1 Å². The molecule has 2 rings (SSSR count). The molecule has 1 saturated carbocycles. The molecule has 0 aliphatic heterocycles. The number of carbonyl (C=O) groups is 1. The van der Waals surface area contributed by atoms with Crippen molar-refractivity contribution in [1.82, 2.24) is 4.98 Å². The summed E-state index contributed by atoms with van der Waals surface area (Å²) in [4.78, 5) is 18.4. The lowest BCUT2D eigenvalue weighted by Crippen LogP contribution is -2.37. The Morgan fingerprint density at radius 1 is 1.33 bits per heavy atom. The summed E-state index contributed by atoms with van der Waals surface area (Å²) in [5.74, 6) is 0.182. The van der Waals surface area contributed by atoms with Crippen LogP contribution in [0.1, 0.15) is 74.8 Å². The van der Waals surface area contributed by atoms with Crippen LogP contribution in [0.2, 0.25) is 0 Å². The first-order valence-corrected chi connectivity index (χ1v) is 8.04. The monoisotopic (exact) mass is 290 g/mol. The van der Waals surface area contributed by atoms with Gasteiger partial charge in [-0.2, -0.15) is 0 Å². The third-order valence-electron chi connectivity index (χ3n) is 4.32. The number of rotatable bonds is 5. The molecule has 0 aromatic carbocycles. The molecule has 1 aromatic rings. The van der Waals surface area contributed by atoms with E-state index in [1.165, 1.54) is 32.1 Å². The van der Waals surface area contributed by atoms with Crippen molar-refractivity contribution in [2.24, 2.45) is 0 Å². The van der Waals surface area contributed by atoms with Crippen LogP contribution < -0.4 is 4.90 Å². The normalized spacial score (nSPS) is 16.2. The van der Waals surface area contributed by atoms with Gasteiger partial charge in [-0.3, -0.25) is 0 Å². The van der Waals surface area contributed by atoms with E-state index >= 15 is 0 Å². The Morgan fingerprint density at radius 2 is 2.00 bits per heavy atom. The summed E-state index contributed by atoms with van der Waals surface area (Å²) in [6.07, 6.45) is 6.20. The van der Waals surface area contributed by atoms with E-state index in [2.05, 4.69) is 25.7 Å². The van der Waals surface area contributed by atoms with Crippen LogP contribution in [-0.2, 0) is 0 Å². The number of nitrogens with zero attached hydrogens (tertiary/aromatic N) is 2. The molecule has 1 aliphatic rings. The first kappa shape index (κ1) is 15.8. The molecule has 0 amide bonds. The summed E-state index contributed by atoms with van der Waals surface area (Å²) in [5.41, 5.74) is 1.21. The second kappa shape index (κ2) is 6.92. The van der Waals surface area contributed by atoms with E-state index in [1.807, 2.05) is 0 Å². The van der Waals surface area contributed by atoms with Crippen molar-refractivity contribution in [2.75, 3.05) is 11.4 Å². The molecule has 0 atom stereocenters. The Morgan fingerprint density at radius 3 is 2.52 bits per heavy atom. The minimum atomic E-state index is -0.875. The smallest absolute Gasteiger partial charge is 0.335 e.